The minimum absolute atomic E-state index is 0.0896. The highest BCUT2D eigenvalue weighted by molar-refractivity contribution is 5.75. The van der Waals surface area contributed by atoms with Gasteiger partial charge in [0.15, 0.2) is 11.5 Å². The molecule has 2 N–H and O–H groups in total. The van der Waals surface area contributed by atoms with Crippen LogP contribution in [-0.2, 0) is 0 Å². The number of fused-ring (bicyclic) bond motifs is 2. The summed E-state index contributed by atoms with van der Waals surface area (Å²) in [5.74, 6) is 3.48. The zero-order valence-corrected chi connectivity index (χ0v) is 13.5. The number of nitrogens with one attached hydrogen (secondary N) is 2. The van der Waals surface area contributed by atoms with Gasteiger partial charge >= 0.3 is 6.03 Å². The summed E-state index contributed by atoms with van der Waals surface area (Å²) in [6.07, 6.45) is 5.51. The van der Waals surface area contributed by atoms with E-state index in [0.29, 0.717) is 25.1 Å². The number of methoxy groups -OCH3 is 1. The van der Waals surface area contributed by atoms with Crippen molar-refractivity contribution in [1.29, 1.82) is 0 Å². The summed E-state index contributed by atoms with van der Waals surface area (Å²) in [5, 5.41) is 5.70. The standard InChI is InChI=1S/C18H24N2O3/c1-22-15-5-4-12(14-9-19-18(21)20-10-14)8-17(15)23-16-7-11-2-3-13(16)6-11/h4-5,8,11,13-14,16H,2-3,6-7,9-10H2,1H3,(H2,19,20,21)/t11-,13+,16+/m0/s1. The van der Waals surface area contributed by atoms with Crippen LogP contribution in [0.4, 0.5) is 4.79 Å². The molecule has 3 fully saturated rings. The number of benzene rings is 1. The van der Waals surface area contributed by atoms with Crippen molar-refractivity contribution in [2.24, 2.45) is 11.8 Å². The van der Waals surface area contributed by atoms with E-state index in [0.717, 1.165) is 17.4 Å². The average molecular weight is 316 g/mol. The van der Waals surface area contributed by atoms with Crippen LogP contribution in [0, 0.1) is 11.8 Å². The Morgan fingerprint density at radius 1 is 1.09 bits per heavy atom. The normalized spacial score (nSPS) is 30.0. The molecule has 1 aromatic carbocycles. The molecular formula is C18H24N2O3. The minimum atomic E-state index is -0.0896. The van der Waals surface area contributed by atoms with E-state index >= 15 is 0 Å². The Kier molecular flexibility index (Phi) is 3.79. The number of carbonyl (C=O) groups excluding carboxylic acids is 1. The minimum Gasteiger partial charge on any atom is -0.493 e. The van der Waals surface area contributed by atoms with Crippen molar-refractivity contribution in [3.05, 3.63) is 23.8 Å². The molecule has 5 nitrogen and oxygen atoms in total. The first-order valence-electron chi connectivity index (χ1n) is 8.59. The van der Waals surface area contributed by atoms with E-state index < -0.39 is 0 Å². The molecule has 2 aliphatic carbocycles. The Morgan fingerprint density at radius 3 is 2.57 bits per heavy atom. The highest BCUT2D eigenvalue weighted by Gasteiger charge is 2.41. The molecule has 0 aromatic heterocycles. The zero-order valence-electron chi connectivity index (χ0n) is 13.5. The maximum atomic E-state index is 11.2. The van der Waals surface area contributed by atoms with Gasteiger partial charge in [-0.2, -0.15) is 0 Å². The number of carbonyl (C=O) groups is 1. The Balaban J connectivity index is 1.52. The van der Waals surface area contributed by atoms with Gasteiger partial charge in [-0.1, -0.05) is 6.07 Å². The third-order valence-corrected chi connectivity index (χ3v) is 5.63. The summed E-state index contributed by atoms with van der Waals surface area (Å²) in [7, 11) is 1.69. The zero-order chi connectivity index (χ0) is 15.8. The fraction of sp³-hybridized carbons (Fsp3) is 0.611. The number of urea groups is 1. The van der Waals surface area contributed by atoms with E-state index in [1.807, 2.05) is 6.07 Å². The maximum Gasteiger partial charge on any atom is 0.314 e. The van der Waals surface area contributed by atoms with Crippen molar-refractivity contribution in [2.45, 2.75) is 37.7 Å². The van der Waals surface area contributed by atoms with Gasteiger partial charge in [0.1, 0.15) is 6.10 Å². The van der Waals surface area contributed by atoms with Gasteiger partial charge in [-0.05, 0) is 55.2 Å². The quantitative estimate of drug-likeness (QED) is 0.898. The number of hydrogen-bond acceptors (Lipinski definition) is 3. The number of ether oxygens (including phenoxy) is 2. The predicted octanol–water partition coefficient (Wildman–Crippen LogP) is 2.66. The molecule has 4 rings (SSSR count). The summed E-state index contributed by atoms with van der Waals surface area (Å²) >= 11 is 0. The van der Waals surface area contributed by atoms with E-state index in [9.17, 15) is 4.79 Å². The van der Waals surface area contributed by atoms with Gasteiger partial charge in [0.25, 0.3) is 0 Å². The molecule has 3 atom stereocenters. The van der Waals surface area contributed by atoms with Crippen molar-refractivity contribution in [2.75, 3.05) is 20.2 Å². The number of amides is 2. The van der Waals surface area contributed by atoms with Crippen molar-refractivity contribution < 1.29 is 14.3 Å². The smallest absolute Gasteiger partial charge is 0.314 e. The van der Waals surface area contributed by atoms with Crippen molar-refractivity contribution in [3.63, 3.8) is 0 Å². The second-order valence-electron chi connectivity index (χ2n) is 7.03. The topological polar surface area (TPSA) is 59.6 Å². The summed E-state index contributed by atoms with van der Waals surface area (Å²) in [5.41, 5.74) is 1.18. The van der Waals surface area contributed by atoms with E-state index in [4.69, 9.17) is 9.47 Å². The third kappa shape index (κ3) is 2.84. The Morgan fingerprint density at radius 2 is 1.91 bits per heavy atom. The average Bonchev–Trinajstić information content (AvgIpc) is 3.18. The summed E-state index contributed by atoms with van der Waals surface area (Å²) < 4.78 is 11.8. The van der Waals surface area contributed by atoms with Gasteiger partial charge in [-0.15, -0.1) is 0 Å². The second-order valence-corrected chi connectivity index (χ2v) is 7.03. The first kappa shape index (κ1) is 14.7. The third-order valence-electron chi connectivity index (χ3n) is 5.63. The maximum absolute atomic E-state index is 11.2. The molecule has 2 saturated carbocycles. The molecule has 1 heterocycles. The Bertz CT molecular complexity index is 594. The van der Waals surface area contributed by atoms with E-state index in [-0.39, 0.29) is 11.9 Å². The fourth-order valence-corrected chi connectivity index (χ4v) is 4.34. The lowest BCUT2D eigenvalue weighted by atomic mass is 9.96. The van der Waals surface area contributed by atoms with E-state index in [2.05, 4.69) is 22.8 Å². The van der Waals surface area contributed by atoms with Gasteiger partial charge in [0.05, 0.1) is 7.11 Å². The molecule has 2 amide bonds. The summed E-state index contributed by atoms with van der Waals surface area (Å²) in [6, 6.07) is 6.05. The summed E-state index contributed by atoms with van der Waals surface area (Å²) in [6.45, 7) is 1.32. The Labute approximate surface area is 136 Å². The lowest BCUT2D eigenvalue weighted by molar-refractivity contribution is 0.133. The van der Waals surface area contributed by atoms with Gasteiger partial charge in [-0.25, -0.2) is 4.79 Å². The SMILES string of the molecule is COc1ccc(C2CNC(=O)NC2)cc1O[C@@H]1C[C@H]2CC[C@@H]1C2. The van der Waals surface area contributed by atoms with Crippen molar-refractivity contribution in [3.8, 4) is 11.5 Å². The lowest BCUT2D eigenvalue weighted by Crippen LogP contribution is -2.47. The number of rotatable bonds is 4. The van der Waals surface area contributed by atoms with Crippen LogP contribution in [0.5, 0.6) is 11.5 Å². The van der Waals surface area contributed by atoms with Crippen molar-refractivity contribution in [1.82, 2.24) is 10.6 Å². The van der Waals surface area contributed by atoms with Crippen LogP contribution < -0.4 is 20.1 Å². The Hall–Kier alpha value is -1.91. The molecule has 0 spiro atoms. The molecule has 0 radical (unpaired) electrons. The van der Waals surface area contributed by atoms with Crippen LogP contribution in [0.25, 0.3) is 0 Å². The first-order valence-corrected chi connectivity index (χ1v) is 8.59. The predicted molar refractivity (Wildman–Crippen MR) is 87.0 cm³/mol. The molecule has 1 saturated heterocycles. The molecule has 124 valence electrons. The molecule has 5 heteroatoms. The summed E-state index contributed by atoms with van der Waals surface area (Å²) in [4.78, 5) is 11.2. The molecular weight excluding hydrogens is 292 g/mol. The van der Waals surface area contributed by atoms with Crippen molar-refractivity contribution >= 4 is 6.03 Å². The van der Waals surface area contributed by atoms with Crippen LogP contribution in [0.3, 0.4) is 0 Å². The van der Waals surface area contributed by atoms with Gasteiger partial charge < -0.3 is 20.1 Å². The molecule has 3 aliphatic rings. The molecule has 2 bridgehead atoms. The van der Waals surface area contributed by atoms with Crippen LogP contribution in [0.2, 0.25) is 0 Å². The second kappa shape index (κ2) is 5.95. The largest absolute Gasteiger partial charge is 0.493 e. The van der Waals surface area contributed by atoms with E-state index in [1.54, 1.807) is 7.11 Å². The van der Waals surface area contributed by atoms with Crippen LogP contribution in [0.1, 0.15) is 37.2 Å². The number of hydrogen-bond donors (Lipinski definition) is 2. The van der Waals surface area contributed by atoms with Crippen LogP contribution >= 0.6 is 0 Å². The van der Waals surface area contributed by atoms with Gasteiger partial charge in [0, 0.05) is 19.0 Å². The molecule has 1 aromatic rings. The monoisotopic (exact) mass is 316 g/mol. The van der Waals surface area contributed by atoms with Gasteiger partial charge in [-0.3, -0.25) is 0 Å². The molecule has 0 unspecified atom stereocenters. The van der Waals surface area contributed by atoms with Gasteiger partial charge in [0.2, 0.25) is 0 Å². The van der Waals surface area contributed by atoms with Crippen LogP contribution in [0.15, 0.2) is 18.2 Å². The van der Waals surface area contributed by atoms with E-state index in [1.165, 1.54) is 31.2 Å². The lowest BCUT2D eigenvalue weighted by Gasteiger charge is -2.27. The molecule has 1 aliphatic heterocycles. The first-order chi connectivity index (χ1) is 11.2. The highest BCUT2D eigenvalue weighted by Crippen LogP contribution is 2.47. The fourth-order valence-electron chi connectivity index (χ4n) is 4.34. The van der Waals surface area contributed by atoms with Crippen LogP contribution in [-0.4, -0.2) is 32.3 Å². The highest BCUT2D eigenvalue weighted by atomic mass is 16.5. The molecule has 23 heavy (non-hydrogen) atoms.